The Morgan fingerprint density at radius 1 is 0.895 bits per heavy atom. The number of nitrogens with zero attached hydrogens (tertiary/aromatic N) is 6. The van der Waals surface area contributed by atoms with Crippen molar-refractivity contribution in [2.75, 3.05) is 88.9 Å². The molecule has 3 unspecified atom stereocenters. The molecule has 6 heterocycles. The van der Waals surface area contributed by atoms with Gasteiger partial charge in [0.15, 0.2) is 6.23 Å². The van der Waals surface area contributed by atoms with Crippen molar-refractivity contribution < 1.29 is 46.8 Å². The van der Waals surface area contributed by atoms with Gasteiger partial charge < -0.3 is 54.0 Å². The molecule has 0 bridgehead atoms. The zero-order valence-corrected chi connectivity index (χ0v) is 43.3. The van der Waals surface area contributed by atoms with Gasteiger partial charge in [0.05, 0.1) is 74.7 Å². The number of alkyl halides is 3. The van der Waals surface area contributed by atoms with Crippen molar-refractivity contribution in [1.82, 2.24) is 19.4 Å². The van der Waals surface area contributed by atoms with Gasteiger partial charge in [0.2, 0.25) is 0 Å². The number of anilines is 3. The Balaban J connectivity index is 1.04. The number of methoxy groups -OCH3 is 1. The molecular formula is C57H61F3N8O8. The van der Waals surface area contributed by atoms with E-state index in [0.717, 1.165) is 41.5 Å². The number of allylic oxidation sites excluding steroid dienone is 2. The summed E-state index contributed by atoms with van der Waals surface area (Å²) < 4.78 is 66.3. The summed E-state index contributed by atoms with van der Waals surface area (Å²) in [7, 11) is 2.90. The van der Waals surface area contributed by atoms with Crippen molar-refractivity contribution in [1.29, 1.82) is 5.26 Å². The molecule has 9 rings (SSSR count). The van der Waals surface area contributed by atoms with E-state index in [1.807, 2.05) is 60.6 Å². The number of amides is 2. The van der Waals surface area contributed by atoms with E-state index in [1.165, 1.54) is 12.3 Å². The molecule has 4 aliphatic rings. The molecule has 3 N–H and O–H groups in total. The van der Waals surface area contributed by atoms with Crippen LogP contribution in [-0.2, 0) is 38.8 Å². The van der Waals surface area contributed by atoms with E-state index in [-0.39, 0.29) is 23.6 Å². The molecule has 398 valence electrons. The second-order valence-corrected chi connectivity index (χ2v) is 20.5. The topological polar surface area (TPSA) is 184 Å². The van der Waals surface area contributed by atoms with E-state index in [9.17, 15) is 37.9 Å². The number of hydrogen-bond donors (Lipinski definition) is 3. The minimum atomic E-state index is -4.76. The highest BCUT2D eigenvalue weighted by Crippen LogP contribution is 2.42. The number of pyridine rings is 2. The second-order valence-electron chi connectivity index (χ2n) is 20.5. The molecule has 2 aromatic heterocycles. The summed E-state index contributed by atoms with van der Waals surface area (Å²) in [6.07, 6.45) is 1.35. The first kappa shape index (κ1) is 53.3. The van der Waals surface area contributed by atoms with E-state index in [2.05, 4.69) is 33.5 Å². The normalized spacial score (nSPS) is 20.0. The Morgan fingerprint density at radius 3 is 2.17 bits per heavy atom. The monoisotopic (exact) mass is 1040 g/mol. The lowest BCUT2D eigenvalue weighted by atomic mass is 9.76. The van der Waals surface area contributed by atoms with Crippen molar-refractivity contribution in [3.8, 4) is 22.9 Å². The highest BCUT2D eigenvalue weighted by molar-refractivity contribution is 6.05. The van der Waals surface area contributed by atoms with Crippen LogP contribution in [0.15, 0.2) is 108 Å². The van der Waals surface area contributed by atoms with E-state index in [4.69, 9.17) is 18.9 Å². The molecule has 76 heavy (non-hydrogen) atoms. The van der Waals surface area contributed by atoms with Gasteiger partial charge in [-0.3, -0.25) is 19.4 Å². The van der Waals surface area contributed by atoms with Crippen molar-refractivity contribution in [2.45, 2.75) is 64.6 Å². The third-order valence-electron chi connectivity index (χ3n) is 14.6. The summed E-state index contributed by atoms with van der Waals surface area (Å²) in [5.41, 5.74) is 4.64. The summed E-state index contributed by atoms with van der Waals surface area (Å²) in [6, 6.07) is 21.4. The van der Waals surface area contributed by atoms with Crippen LogP contribution in [0.4, 0.5) is 30.2 Å². The van der Waals surface area contributed by atoms with Crippen LogP contribution >= 0.6 is 0 Å². The highest BCUT2D eigenvalue weighted by Gasteiger charge is 2.45. The third kappa shape index (κ3) is 11.2. The Hall–Kier alpha value is -7.50. The lowest BCUT2D eigenvalue weighted by Gasteiger charge is -2.47. The number of carbonyl (C=O) groups is 2. The lowest BCUT2D eigenvalue weighted by Crippen LogP contribution is -2.54. The SMILES string of the molecule is COc1ccc(C(=O)Nc2ccc(CC3OCC3(C)Cn3cc(-c4cc(NC(=O)c5ccnc(C(C)(C)C#N)c5)ccc4C)cc(N4CCOCC4)c3=O)c(C3=CN(C)C(O)C(N4CCOCC4)=C3)c2)cc1C(F)(F)F. The molecule has 2 amide bonds. The number of morpholine rings is 2. The minimum Gasteiger partial charge on any atom is -0.496 e. The molecule has 0 saturated carbocycles. The molecule has 3 aromatic carbocycles. The Labute approximate surface area is 438 Å². The van der Waals surface area contributed by atoms with Gasteiger partial charge in [0.25, 0.3) is 17.4 Å². The molecule has 3 fully saturated rings. The van der Waals surface area contributed by atoms with Gasteiger partial charge in [-0.05, 0) is 122 Å². The fraction of sp³-hybridized carbons (Fsp3) is 0.386. The smallest absolute Gasteiger partial charge is 0.419 e. The zero-order valence-electron chi connectivity index (χ0n) is 43.3. The number of aliphatic hydroxyl groups is 1. The van der Waals surface area contributed by atoms with Crippen molar-refractivity contribution >= 4 is 34.4 Å². The van der Waals surface area contributed by atoms with Gasteiger partial charge in [0.1, 0.15) is 11.4 Å². The van der Waals surface area contributed by atoms with Crippen molar-refractivity contribution in [3.05, 3.63) is 153 Å². The fourth-order valence-electron chi connectivity index (χ4n) is 10.00. The molecule has 3 atom stereocenters. The molecule has 19 heteroatoms. The number of rotatable bonds is 14. The second kappa shape index (κ2) is 21.6. The fourth-order valence-corrected chi connectivity index (χ4v) is 10.00. The first-order valence-corrected chi connectivity index (χ1v) is 25.1. The summed E-state index contributed by atoms with van der Waals surface area (Å²) in [4.78, 5) is 52.2. The van der Waals surface area contributed by atoms with Crippen molar-refractivity contribution in [2.24, 2.45) is 5.41 Å². The van der Waals surface area contributed by atoms with Crippen LogP contribution in [0.5, 0.6) is 5.75 Å². The van der Waals surface area contributed by atoms with Gasteiger partial charge >= 0.3 is 6.18 Å². The number of aryl methyl sites for hydroxylation is 1. The standard InChI is InChI=1S/C57H61F3N8O8/c1-35-7-10-41(63-52(70)38-13-14-62-49(26-38)55(2,3)32-61)28-43(35)40-25-47(67-17-21-75-22-18-67)54(72)68(31-40)33-56(4)34-76-50(56)27-36-8-11-42(64-51(69)37-9-12-48(73-6)45(23-37)57(58,59)60)29-44(36)39-24-46(53(71)65(5)30-39)66-15-19-74-20-16-66/h7-14,23-26,28-31,50,53,71H,15-22,27,33-34H2,1-6H3,(H,63,70)(H,64,69). The number of nitrogens with one attached hydrogen (secondary N) is 2. The van der Waals surface area contributed by atoms with E-state index in [0.29, 0.717) is 111 Å². The largest absolute Gasteiger partial charge is 0.496 e. The van der Waals surface area contributed by atoms with Crippen LogP contribution in [0.3, 0.4) is 0 Å². The van der Waals surface area contributed by atoms with Crippen LogP contribution in [-0.4, -0.2) is 122 Å². The molecule has 0 aliphatic carbocycles. The first-order chi connectivity index (χ1) is 36.2. The average Bonchev–Trinajstić information content (AvgIpc) is 3.46. The van der Waals surface area contributed by atoms with Crippen LogP contribution in [0.1, 0.15) is 69.4 Å². The van der Waals surface area contributed by atoms with E-state index >= 15 is 0 Å². The highest BCUT2D eigenvalue weighted by atomic mass is 19.4. The summed E-state index contributed by atoms with van der Waals surface area (Å²) in [5.74, 6) is -1.53. The number of likely N-dealkylation sites (N-methyl/N-ethyl adjacent to an activating group) is 1. The Bertz CT molecular complexity index is 3210. The Morgan fingerprint density at radius 2 is 1.54 bits per heavy atom. The molecule has 3 saturated heterocycles. The average molecular weight is 1040 g/mol. The number of hydrogen-bond acceptors (Lipinski definition) is 13. The number of halogens is 3. The van der Waals surface area contributed by atoms with E-state index < -0.39 is 46.6 Å². The Kier molecular flexibility index (Phi) is 15.2. The number of benzene rings is 3. The number of aliphatic hydroxyl groups excluding tert-OH is 1. The molecule has 0 spiro atoms. The number of ether oxygens (including phenoxy) is 4. The third-order valence-corrected chi connectivity index (χ3v) is 14.6. The van der Waals surface area contributed by atoms with Gasteiger partial charge in [-0.1, -0.05) is 19.1 Å². The van der Waals surface area contributed by atoms with Crippen LogP contribution in [0, 0.1) is 23.7 Å². The predicted octanol–water partition coefficient (Wildman–Crippen LogP) is 7.86. The molecule has 0 radical (unpaired) electrons. The van der Waals surface area contributed by atoms with Gasteiger partial charge in [-0.2, -0.15) is 18.4 Å². The molecule has 5 aromatic rings. The summed E-state index contributed by atoms with van der Waals surface area (Å²) >= 11 is 0. The summed E-state index contributed by atoms with van der Waals surface area (Å²) in [5, 5.41) is 26.9. The maximum Gasteiger partial charge on any atom is 0.419 e. The van der Waals surface area contributed by atoms with Gasteiger partial charge in [-0.15, -0.1) is 0 Å². The molecule has 16 nitrogen and oxygen atoms in total. The quantitative estimate of drug-likeness (QED) is 0.0979. The lowest BCUT2D eigenvalue weighted by molar-refractivity contribution is -0.183. The predicted molar refractivity (Wildman–Crippen MR) is 281 cm³/mol. The number of nitriles is 1. The maximum absolute atomic E-state index is 14.7. The number of carbonyl (C=O) groups excluding carboxylic acids is 2. The molecule has 4 aliphatic heterocycles. The van der Waals surface area contributed by atoms with E-state index in [1.54, 1.807) is 54.6 Å². The minimum absolute atomic E-state index is 0.178. The van der Waals surface area contributed by atoms with Crippen LogP contribution < -0.4 is 25.8 Å². The first-order valence-electron chi connectivity index (χ1n) is 25.1. The van der Waals surface area contributed by atoms with Crippen molar-refractivity contribution in [3.63, 3.8) is 0 Å². The van der Waals surface area contributed by atoms with Gasteiger partial charge in [0, 0.05) is 91.8 Å². The molecular weight excluding hydrogens is 982 g/mol. The van der Waals surface area contributed by atoms with Crippen LogP contribution in [0.2, 0.25) is 0 Å². The zero-order chi connectivity index (χ0) is 54.1. The van der Waals surface area contributed by atoms with Crippen LogP contribution in [0.25, 0.3) is 16.7 Å². The number of aromatic nitrogens is 2. The van der Waals surface area contributed by atoms with Gasteiger partial charge in [-0.25, -0.2) is 0 Å². The summed E-state index contributed by atoms with van der Waals surface area (Å²) in [6.45, 7) is 12.2. The maximum atomic E-state index is 14.7.